The van der Waals surface area contributed by atoms with Crippen LogP contribution in [0.3, 0.4) is 0 Å². The van der Waals surface area contributed by atoms with Crippen molar-refractivity contribution in [1.82, 2.24) is 9.88 Å². The molecule has 1 aromatic heterocycles. The van der Waals surface area contributed by atoms with Crippen LogP contribution in [0.2, 0.25) is 0 Å². The Morgan fingerprint density at radius 3 is 2.61 bits per heavy atom. The Bertz CT molecular complexity index is 612. The molecule has 23 heavy (non-hydrogen) atoms. The van der Waals surface area contributed by atoms with Gasteiger partial charge >= 0.3 is 0 Å². The first kappa shape index (κ1) is 16.0. The molecule has 2 heterocycles. The Morgan fingerprint density at radius 1 is 1.26 bits per heavy atom. The molecule has 0 radical (unpaired) electrons. The molecule has 1 saturated carbocycles. The van der Waals surface area contributed by atoms with Crippen molar-refractivity contribution in [3.05, 3.63) is 23.0 Å². The van der Waals surface area contributed by atoms with E-state index in [0.29, 0.717) is 19.0 Å². The zero-order chi connectivity index (χ0) is 16.6. The maximum absolute atomic E-state index is 12.6. The Balaban J connectivity index is 1.69. The molecule has 1 saturated heterocycles. The molecule has 2 aliphatic rings. The molecular formula is C18H25N3O2. The lowest BCUT2D eigenvalue weighted by Gasteiger charge is -2.24. The quantitative estimate of drug-likeness (QED) is 0.933. The number of anilines is 1. The number of aromatic nitrogens is 1. The molecule has 0 unspecified atom stereocenters. The first-order chi connectivity index (χ1) is 11.0. The first-order valence-electron chi connectivity index (χ1n) is 8.51. The van der Waals surface area contributed by atoms with Crippen molar-refractivity contribution in [2.75, 3.05) is 11.9 Å². The summed E-state index contributed by atoms with van der Waals surface area (Å²) in [4.78, 5) is 31.2. The predicted octanol–water partition coefficient (Wildman–Crippen LogP) is 2.74. The normalized spacial score (nSPS) is 22.0. The van der Waals surface area contributed by atoms with Crippen molar-refractivity contribution in [1.29, 1.82) is 0 Å². The lowest BCUT2D eigenvalue weighted by molar-refractivity contribution is -0.129. The van der Waals surface area contributed by atoms with E-state index in [1.54, 1.807) is 0 Å². The molecule has 1 aromatic rings. The molecule has 1 aliphatic carbocycles. The molecule has 0 aromatic carbocycles. The second-order valence-electron chi connectivity index (χ2n) is 6.92. The number of rotatable bonds is 3. The largest absolute Gasteiger partial charge is 0.339 e. The van der Waals surface area contributed by atoms with Crippen LogP contribution in [0, 0.1) is 26.7 Å². The topological polar surface area (TPSA) is 62.3 Å². The molecule has 5 heteroatoms. The predicted molar refractivity (Wildman–Crippen MR) is 89.2 cm³/mol. The maximum Gasteiger partial charge on any atom is 0.229 e. The second kappa shape index (κ2) is 6.30. The summed E-state index contributed by atoms with van der Waals surface area (Å²) in [7, 11) is 0. The van der Waals surface area contributed by atoms with Crippen LogP contribution < -0.4 is 5.32 Å². The van der Waals surface area contributed by atoms with Crippen LogP contribution >= 0.6 is 0 Å². The van der Waals surface area contributed by atoms with Gasteiger partial charge in [0, 0.05) is 24.7 Å². The van der Waals surface area contributed by atoms with E-state index in [1.807, 2.05) is 31.7 Å². The van der Waals surface area contributed by atoms with Crippen LogP contribution in [0.25, 0.3) is 0 Å². The fourth-order valence-electron chi connectivity index (χ4n) is 3.91. The zero-order valence-electron chi connectivity index (χ0n) is 14.2. The summed E-state index contributed by atoms with van der Waals surface area (Å²) >= 11 is 0. The molecule has 5 nitrogen and oxygen atoms in total. The van der Waals surface area contributed by atoms with Crippen LogP contribution in [0.1, 0.15) is 49.1 Å². The fraction of sp³-hybridized carbons (Fsp3) is 0.611. The van der Waals surface area contributed by atoms with Gasteiger partial charge in [0.2, 0.25) is 11.8 Å². The molecule has 1 atom stereocenters. The Labute approximate surface area is 137 Å². The van der Waals surface area contributed by atoms with E-state index < -0.39 is 0 Å². The SMILES string of the molecule is Cc1cc(C)c(NC(=O)[C@@H]2CC(=O)N(C3CCCC3)C2)c(C)n1. The van der Waals surface area contributed by atoms with E-state index in [4.69, 9.17) is 0 Å². The van der Waals surface area contributed by atoms with Crippen molar-refractivity contribution >= 4 is 17.5 Å². The van der Waals surface area contributed by atoms with Gasteiger partial charge in [-0.25, -0.2) is 0 Å². The number of nitrogens with one attached hydrogen (secondary N) is 1. The van der Waals surface area contributed by atoms with Crippen molar-refractivity contribution in [3.8, 4) is 0 Å². The Hall–Kier alpha value is -1.91. The molecule has 124 valence electrons. The van der Waals surface area contributed by atoms with Gasteiger partial charge in [0.15, 0.2) is 0 Å². The highest BCUT2D eigenvalue weighted by atomic mass is 16.2. The van der Waals surface area contributed by atoms with Gasteiger partial charge in [-0.15, -0.1) is 0 Å². The van der Waals surface area contributed by atoms with Gasteiger partial charge in [-0.2, -0.15) is 0 Å². The smallest absolute Gasteiger partial charge is 0.229 e. The molecule has 3 rings (SSSR count). The number of nitrogens with zero attached hydrogens (tertiary/aromatic N) is 2. The highest BCUT2D eigenvalue weighted by molar-refractivity contribution is 5.98. The van der Waals surface area contributed by atoms with Gasteiger partial charge in [0.05, 0.1) is 17.3 Å². The minimum atomic E-state index is -0.247. The number of likely N-dealkylation sites (tertiary alicyclic amines) is 1. The lowest BCUT2D eigenvalue weighted by Crippen LogP contribution is -2.35. The Morgan fingerprint density at radius 2 is 1.96 bits per heavy atom. The van der Waals surface area contributed by atoms with Crippen LogP contribution in [0.15, 0.2) is 6.07 Å². The molecule has 1 aliphatic heterocycles. The van der Waals surface area contributed by atoms with Gasteiger partial charge in [0.25, 0.3) is 0 Å². The number of aryl methyl sites for hydroxylation is 3. The van der Waals surface area contributed by atoms with Gasteiger partial charge in [0.1, 0.15) is 0 Å². The summed E-state index contributed by atoms with van der Waals surface area (Å²) < 4.78 is 0. The van der Waals surface area contributed by atoms with E-state index in [0.717, 1.165) is 35.5 Å². The fourth-order valence-corrected chi connectivity index (χ4v) is 3.91. The van der Waals surface area contributed by atoms with E-state index in [2.05, 4.69) is 10.3 Å². The Kier molecular flexibility index (Phi) is 4.37. The summed E-state index contributed by atoms with van der Waals surface area (Å²) in [5.74, 6) is -0.175. The highest BCUT2D eigenvalue weighted by Gasteiger charge is 2.38. The first-order valence-corrected chi connectivity index (χ1v) is 8.51. The van der Waals surface area contributed by atoms with Crippen molar-refractivity contribution < 1.29 is 9.59 Å². The molecule has 2 amide bonds. The summed E-state index contributed by atoms with van der Waals surface area (Å²) in [5.41, 5.74) is 3.57. The minimum absolute atomic E-state index is 0.0595. The molecule has 2 fully saturated rings. The molecule has 0 spiro atoms. The van der Waals surface area contributed by atoms with Crippen molar-refractivity contribution in [2.24, 2.45) is 5.92 Å². The number of carbonyl (C=O) groups is 2. The van der Waals surface area contributed by atoms with Crippen LogP contribution in [-0.2, 0) is 9.59 Å². The highest BCUT2D eigenvalue weighted by Crippen LogP contribution is 2.30. The second-order valence-corrected chi connectivity index (χ2v) is 6.92. The summed E-state index contributed by atoms with van der Waals surface area (Å²) in [6.07, 6.45) is 4.89. The van der Waals surface area contributed by atoms with Crippen LogP contribution in [0.4, 0.5) is 5.69 Å². The van der Waals surface area contributed by atoms with Crippen molar-refractivity contribution in [3.63, 3.8) is 0 Å². The van der Waals surface area contributed by atoms with E-state index in [-0.39, 0.29) is 17.7 Å². The van der Waals surface area contributed by atoms with E-state index in [9.17, 15) is 9.59 Å². The van der Waals surface area contributed by atoms with Gasteiger partial charge in [-0.3, -0.25) is 14.6 Å². The number of pyridine rings is 1. The maximum atomic E-state index is 12.6. The number of carbonyl (C=O) groups excluding carboxylic acids is 2. The van der Waals surface area contributed by atoms with Crippen LogP contribution in [-0.4, -0.2) is 34.3 Å². The van der Waals surface area contributed by atoms with Gasteiger partial charge in [-0.1, -0.05) is 12.8 Å². The third-order valence-corrected chi connectivity index (χ3v) is 5.07. The molecular weight excluding hydrogens is 290 g/mol. The van der Waals surface area contributed by atoms with Crippen LogP contribution in [0.5, 0.6) is 0 Å². The lowest BCUT2D eigenvalue weighted by atomic mass is 10.1. The summed E-state index contributed by atoms with van der Waals surface area (Å²) in [6.45, 7) is 6.38. The number of amides is 2. The number of hydrogen-bond donors (Lipinski definition) is 1. The minimum Gasteiger partial charge on any atom is -0.339 e. The zero-order valence-corrected chi connectivity index (χ0v) is 14.2. The number of hydrogen-bond acceptors (Lipinski definition) is 3. The average molecular weight is 315 g/mol. The van der Waals surface area contributed by atoms with Gasteiger partial charge < -0.3 is 10.2 Å². The molecule has 0 bridgehead atoms. The third-order valence-electron chi connectivity index (χ3n) is 5.07. The van der Waals surface area contributed by atoms with E-state index in [1.165, 1.54) is 12.8 Å². The third kappa shape index (κ3) is 3.23. The summed E-state index contributed by atoms with van der Waals surface area (Å²) in [6, 6.07) is 2.32. The average Bonchev–Trinajstić information content (AvgIpc) is 3.11. The standard InChI is InChI=1S/C18H25N3O2/c1-11-8-12(2)19-13(3)17(11)20-18(23)14-9-16(22)21(10-14)15-6-4-5-7-15/h8,14-15H,4-7,9-10H2,1-3H3,(H,20,23)/t14-/m1/s1. The van der Waals surface area contributed by atoms with Crippen molar-refractivity contribution in [2.45, 2.75) is 58.9 Å². The monoisotopic (exact) mass is 315 g/mol. The van der Waals surface area contributed by atoms with E-state index >= 15 is 0 Å². The molecule has 1 N–H and O–H groups in total. The summed E-state index contributed by atoms with van der Waals surface area (Å²) in [5, 5.41) is 3.00. The van der Waals surface area contributed by atoms with Gasteiger partial charge in [-0.05, 0) is 45.2 Å².